The number of ether oxygens (including phenoxy) is 4. The SMILES string of the molecule is COc1ccc(C(=O)OCC(=O)c2ccc3c(c2)OCCO3)cc1[N+](=O)[O-]. The van der Waals surface area contributed by atoms with Crippen molar-refractivity contribution in [2.24, 2.45) is 0 Å². The van der Waals surface area contributed by atoms with Crippen molar-refractivity contribution in [2.45, 2.75) is 0 Å². The molecule has 0 saturated carbocycles. The van der Waals surface area contributed by atoms with Crippen LogP contribution in [0.5, 0.6) is 17.2 Å². The summed E-state index contributed by atoms with van der Waals surface area (Å²) < 4.78 is 20.6. The van der Waals surface area contributed by atoms with Gasteiger partial charge in [-0.25, -0.2) is 4.79 Å². The molecule has 0 spiro atoms. The largest absolute Gasteiger partial charge is 0.490 e. The second-order valence-electron chi connectivity index (χ2n) is 5.50. The van der Waals surface area contributed by atoms with Gasteiger partial charge in [0.15, 0.2) is 29.6 Å². The lowest BCUT2D eigenvalue weighted by atomic mass is 10.1. The van der Waals surface area contributed by atoms with Crippen molar-refractivity contribution in [1.29, 1.82) is 0 Å². The van der Waals surface area contributed by atoms with E-state index in [2.05, 4.69) is 0 Å². The molecule has 1 heterocycles. The first-order chi connectivity index (χ1) is 13.0. The van der Waals surface area contributed by atoms with Crippen LogP contribution < -0.4 is 14.2 Å². The Morgan fingerprint density at radius 2 is 1.78 bits per heavy atom. The van der Waals surface area contributed by atoms with Gasteiger partial charge >= 0.3 is 11.7 Å². The van der Waals surface area contributed by atoms with E-state index in [-0.39, 0.29) is 17.0 Å². The minimum absolute atomic E-state index is 0.0175. The molecule has 27 heavy (non-hydrogen) atoms. The number of nitro benzene ring substituents is 1. The first kappa shape index (κ1) is 18.2. The fourth-order valence-corrected chi connectivity index (χ4v) is 2.47. The lowest BCUT2D eigenvalue weighted by Gasteiger charge is -2.18. The summed E-state index contributed by atoms with van der Waals surface area (Å²) in [7, 11) is 1.28. The van der Waals surface area contributed by atoms with Gasteiger partial charge in [-0.2, -0.15) is 0 Å². The Bertz CT molecular complexity index is 908. The number of hydrogen-bond donors (Lipinski definition) is 0. The van der Waals surface area contributed by atoms with Crippen molar-refractivity contribution >= 4 is 17.4 Å². The molecule has 0 unspecified atom stereocenters. The quantitative estimate of drug-likeness (QED) is 0.328. The standard InChI is InChI=1S/C18H15NO8/c1-24-15-4-3-12(8-13(15)19(22)23)18(21)27-10-14(20)11-2-5-16-17(9-11)26-7-6-25-16/h2-5,8-9H,6-7,10H2,1H3. The van der Waals surface area contributed by atoms with Gasteiger partial charge in [0.25, 0.3) is 0 Å². The van der Waals surface area contributed by atoms with E-state index in [1.807, 2.05) is 0 Å². The molecule has 2 aromatic carbocycles. The second-order valence-corrected chi connectivity index (χ2v) is 5.50. The maximum atomic E-state index is 12.2. The van der Waals surface area contributed by atoms with E-state index >= 15 is 0 Å². The average molecular weight is 373 g/mol. The molecule has 0 fully saturated rings. The lowest BCUT2D eigenvalue weighted by molar-refractivity contribution is -0.385. The molecule has 0 aromatic heterocycles. The molecule has 9 nitrogen and oxygen atoms in total. The van der Waals surface area contributed by atoms with Crippen LogP contribution in [-0.2, 0) is 4.74 Å². The van der Waals surface area contributed by atoms with E-state index in [1.54, 1.807) is 12.1 Å². The van der Waals surface area contributed by atoms with Crippen LogP contribution in [0.4, 0.5) is 5.69 Å². The molecule has 140 valence electrons. The normalized spacial score (nSPS) is 12.2. The lowest BCUT2D eigenvalue weighted by Crippen LogP contribution is -2.17. The Hall–Kier alpha value is -3.62. The van der Waals surface area contributed by atoms with Crippen LogP contribution in [0.15, 0.2) is 36.4 Å². The summed E-state index contributed by atoms with van der Waals surface area (Å²) in [5.41, 5.74) is -0.129. The Morgan fingerprint density at radius 3 is 2.48 bits per heavy atom. The highest BCUT2D eigenvalue weighted by atomic mass is 16.6. The van der Waals surface area contributed by atoms with Crippen LogP contribution in [0, 0.1) is 10.1 Å². The van der Waals surface area contributed by atoms with Crippen molar-refractivity contribution in [3.8, 4) is 17.2 Å². The summed E-state index contributed by atoms with van der Waals surface area (Å²) in [6, 6.07) is 8.32. The Kier molecular flexibility index (Phi) is 5.20. The highest BCUT2D eigenvalue weighted by Crippen LogP contribution is 2.31. The predicted octanol–water partition coefficient (Wildman–Crippen LogP) is 2.41. The summed E-state index contributed by atoms with van der Waals surface area (Å²) in [6.07, 6.45) is 0. The number of methoxy groups -OCH3 is 1. The summed E-state index contributed by atoms with van der Waals surface area (Å²) >= 11 is 0. The minimum atomic E-state index is -0.855. The molecule has 0 saturated heterocycles. The molecule has 9 heteroatoms. The number of carbonyl (C=O) groups excluding carboxylic acids is 2. The van der Waals surface area contributed by atoms with E-state index in [0.717, 1.165) is 6.07 Å². The number of Topliss-reactive ketones (excluding diaryl/α,β-unsaturated/α-hetero) is 1. The van der Waals surface area contributed by atoms with E-state index in [1.165, 1.54) is 25.3 Å². The minimum Gasteiger partial charge on any atom is -0.490 e. The molecule has 0 radical (unpaired) electrons. The monoisotopic (exact) mass is 373 g/mol. The highest BCUT2D eigenvalue weighted by Gasteiger charge is 2.20. The summed E-state index contributed by atoms with van der Waals surface area (Å²) in [6.45, 7) is 0.306. The van der Waals surface area contributed by atoms with E-state index in [4.69, 9.17) is 18.9 Å². The molecule has 0 atom stereocenters. The number of esters is 1. The molecule has 0 aliphatic carbocycles. The third kappa shape index (κ3) is 3.97. The Morgan fingerprint density at radius 1 is 1.07 bits per heavy atom. The number of nitrogens with zero attached hydrogens (tertiary/aromatic N) is 1. The van der Waals surface area contributed by atoms with Gasteiger partial charge in [0, 0.05) is 11.6 Å². The maximum absolute atomic E-state index is 12.2. The third-order valence-electron chi connectivity index (χ3n) is 3.81. The number of carbonyl (C=O) groups is 2. The van der Waals surface area contributed by atoms with Crippen molar-refractivity contribution in [2.75, 3.05) is 26.9 Å². The van der Waals surface area contributed by atoms with Crippen LogP contribution in [0.1, 0.15) is 20.7 Å². The first-order valence-corrected chi connectivity index (χ1v) is 7.92. The highest BCUT2D eigenvalue weighted by molar-refractivity contribution is 6.00. The molecule has 3 rings (SSSR count). The zero-order valence-electron chi connectivity index (χ0n) is 14.3. The van der Waals surface area contributed by atoms with Gasteiger partial charge in [0.05, 0.1) is 17.6 Å². The van der Waals surface area contributed by atoms with E-state index < -0.39 is 23.3 Å². The zero-order chi connectivity index (χ0) is 19.4. The predicted molar refractivity (Wildman–Crippen MR) is 91.7 cm³/mol. The van der Waals surface area contributed by atoms with Crippen molar-refractivity contribution in [3.05, 3.63) is 57.6 Å². The maximum Gasteiger partial charge on any atom is 0.338 e. The fourth-order valence-electron chi connectivity index (χ4n) is 2.47. The van der Waals surface area contributed by atoms with Crippen LogP contribution in [0.25, 0.3) is 0 Å². The van der Waals surface area contributed by atoms with Crippen molar-refractivity contribution in [3.63, 3.8) is 0 Å². The van der Waals surface area contributed by atoms with Gasteiger partial charge < -0.3 is 18.9 Å². The molecule has 1 aliphatic rings. The summed E-state index contributed by atoms with van der Waals surface area (Å²) in [5, 5.41) is 11.0. The van der Waals surface area contributed by atoms with E-state index in [9.17, 15) is 19.7 Å². The first-order valence-electron chi connectivity index (χ1n) is 7.92. The number of ketones is 1. The zero-order valence-corrected chi connectivity index (χ0v) is 14.3. The fraction of sp³-hybridized carbons (Fsp3) is 0.222. The smallest absolute Gasteiger partial charge is 0.338 e. The van der Waals surface area contributed by atoms with E-state index in [0.29, 0.717) is 30.3 Å². The second kappa shape index (κ2) is 7.73. The molecular formula is C18H15NO8. The number of hydrogen-bond acceptors (Lipinski definition) is 8. The molecule has 2 aromatic rings. The van der Waals surface area contributed by atoms with Gasteiger partial charge in [-0.1, -0.05) is 0 Å². The topological polar surface area (TPSA) is 114 Å². The van der Waals surface area contributed by atoms with Gasteiger partial charge in [-0.05, 0) is 30.3 Å². The summed E-state index contributed by atoms with van der Waals surface area (Å²) in [5.74, 6) is -0.288. The average Bonchev–Trinajstić information content (AvgIpc) is 2.70. The number of fused-ring (bicyclic) bond motifs is 1. The Labute approximate surface area is 153 Å². The van der Waals surface area contributed by atoms with Gasteiger partial charge in [-0.3, -0.25) is 14.9 Å². The molecule has 1 aliphatic heterocycles. The van der Waals surface area contributed by atoms with Crippen molar-refractivity contribution in [1.82, 2.24) is 0 Å². The number of benzene rings is 2. The van der Waals surface area contributed by atoms with Crippen molar-refractivity contribution < 1.29 is 33.5 Å². The number of nitro groups is 1. The Balaban J connectivity index is 1.67. The van der Waals surface area contributed by atoms with Gasteiger partial charge in [-0.15, -0.1) is 0 Å². The van der Waals surface area contributed by atoms with Gasteiger partial charge in [0.1, 0.15) is 13.2 Å². The molecule has 0 N–H and O–H groups in total. The summed E-state index contributed by atoms with van der Waals surface area (Å²) in [4.78, 5) is 34.7. The van der Waals surface area contributed by atoms with Crippen LogP contribution >= 0.6 is 0 Å². The van der Waals surface area contributed by atoms with Crippen LogP contribution in [0.2, 0.25) is 0 Å². The van der Waals surface area contributed by atoms with Crippen LogP contribution in [0.3, 0.4) is 0 Å². The molecule has 0 amide bonds. The third-order valence-corrected chi connectivity index (χ3v) is 3.81. The van der Waals surface area contributed by atoms with Gasteiger partial charge in [0.2, 0.25) is 0 Å². The van der Waals surface area contributed by atoms with Crippen LogP contribution in [-0.4, -0.2) is 43.6 Å². The number of rotatable bonds is 6. The molecular weight excluding hydrogens is 358 g/mol. The molecule has 0 bridgehead atoms.